The molecular weight excluding hydrogens is 453 g/mol. The zero-order valence-electron chi connectivity index (χ0n) is 19.3. The van der Waals surface area contributed by atoms with Crippen LogP contribution in [0.3, 0.4) is 0 Å². The number of rotatable bonds is 3. The molecule has 2 fully saturated rings. The second kappa shape index (κ2) is 11.3. The lowest BCUT2D eigenvalue weighted by molar-refractivity contribution is -0.192. The van der Waals surface area contributed by atoms with Crippen LogP contribution in [-0.2, 0) is 9.59 Å². The SMILES string of the molecule is CN(C)C(=O)CN1CCCC12CCCN(C(=O)c1ccccc1C#N)CC2.O=C(O)C(F)(F)F. The van der Waals surface area contributed by atoms with Gasteiger partial charge in [-0.25, -0.2) is 4.79 Å². The van der Waals surface area contributed by atoms with Crippen LogP contribution in [0.4, 0.5) is 13.2 Å². The molecule has 0 aliphatic carbocycles. The zero-order chi connectivity index (χ0) is 25.5. The standard InChI is InChI=1S/C21H28N4O2.C2HF3O2/c1-23(2)19(26)16-25-13-6-10-21(25)9-5-12-24(14-11-21)20(27)18-8-4-3-7-17(18)15-22;3-2(4,5)1(6)7/h3-4,7-8H,5-6,9-14,16H2,1-2H3;(H,6,7). The molecule has 0 aromatic heterocycles. The Labute approximate surface area is 196 Å². The second-order valence-corrected chi connectivity index (χ2v) is 8.64. The number of hydrogen-bond donors (Lipinski definition) is 1. The molecular formula is C23H29F3N4O4. The van der Waals surface area contributed by atoms with Crippen molar-refractivity contribution >= 4 is 17.8 Å². The van der Waals surface area contributed by atoms with Gasteiger partial charge in [-0.15, -0.1) is 0 Å². The molecule has 1 atom stereocenters. The van der Waals surface area contributed by atoms with E-state index in [-0.39, 0.29) is 17.4 Å². The van der Waals surface area contributed by atoms with Crippen molar-refractivity contribution in [2.75, 3.05) is 40.3 Å². The van der Waals surface area contributed by atoms with E-state index in [1.54, 1.807) is 43.3 Å². The van der Waals surface area contributed by atoms with Gasteiger partial charge in [0.15, 0.2) is 0 Å². The Morgan fingerprint density at radius 1 is 1.09 bits per heavy atom. The van der Waals surface area contributed by atoms with Crippen molar-refractivity contribution in [2.24, 2.45) is 0 Å². The number of likely N-dealkylation sites (N-methyl/N-ethyl adjacent to an activating group) is 1. The number of likely N-dealkylation sites (tertiary alicyclic amines) is 2. The Morgan fingerprint density at radius 3 is 2.24 bits per heavy atom. The molecule has 186 valence electrons. The normalized spacial score (nSPS) is 20.6. The lowest BCUT2D eigenvalue weighted by Crippen LogP contribution is -2.48. The average Bonchev–Trinajstić information content (AvgIpc) is 3.03. The largest absolute Gasteiger partial charge is 0.490 e. The first kappa shape index (κ1) is 27.1. The van der Waals surface area contributed by atoms with Crippen LogP contribution in [0.15, 0.2) is 24.3 Å². The first-order chi connectivity index (χ1) is 15.9. The first-order valence-electron chi connectivity index (χ1n) is 10.9. The Morgan fingerprint density at radius 2 is 1.68 bits per heavy atom. The van der Waals surface area contributed by atoms with Gasteiger partial charge < -0.3 is 14.9 Å². The highest BCUT2D eigenvalue weighted by atomic mass is 19.4. The molecule has 11 heteroatoms. The minimum atomic E-state index is -5.08. The van der Waals surface area contributed by atoms with Crippen molar-refractivity contribution in [1.29, 1.82) is 5.26 Å². The Balaban J connectivity index is 0.000000509. The number of carbonyl (C=O) groups excluding carboxylic acids is 2. The molecule has 0 saturated carbocycles. The van der Waals surface area contributed by atoms with E-state index in [0.717, 1.165) is 38.6 Å². The molecule has 2 amide bonds. The zero-order valence-corrected chi connectivity index (χ0v) is 19.3. The van der Waals surface area contributed by atoms with E-state index in [9.17, 15) is 28.0 Å². The van der Waals surface area contributed by atoms with Crippen LogP contribution in [0, 0.1) is 11.3 Å². The highest BCUT2D eigenvalue weighted by Gasteiger charge is 2.43. The lowest BCUT2D eigenvalue weighted by Gasteiger charge is -2.38. The van der Waals surface area contributed by atoms with Gasteiger partial charge in [0.1, 0.15) is 0 Å². The highest BCUT2D eigenvalue weighted by molar-refractivity contribution is 5.96. The second-order valence-electron chi connectivity index (χ2n) is 8.64. The topological polar surface area (TPSA) is 105 Å². The Bertz CT molecular complexity index is 945. The van der Waals surface area contributed by atoms with Gasteiger partial charge in [0.05, 0.1) is 23.7 Å². The summed E-state index contributed by atoms with van der Waals surface area (Å²) in [7, 11) is 3.59. The van der Waals surface area contributed by atoms with Gasteiger partial charge in [0.25, 0.3) is 5.91 Å². The minimum absolute atomic E-state index is 0.0233. The predicted octanol–water partition coefficient (Wildman–Crippen LogP) is 2.74. The van der Waals surface area contributed by atoms with Crippen molar-refractivity contribution in [2.45, 2.75) is 43.8 Å². The molecule has 0 bridgehead atoms. The van der Waals surface area contributed by atoms with Crippen LogP contribution < -0.4 is 0 Å². The monoisotopic (exact) mass is 482 g/mol. The summed E-state index contributed by atoms with van der Waals surface area (Å²) in [5.41, 5.74) is 0.942. The minimum Gasteiger partial charge on any atom is -0.475 e. The number of alkyl halides is 3. The highest BCUT2D eigenvalue weighted by Crippen LogP contribution is 2.38. The summed E-state index contributed by atoms with van der Waals surface area (Å²) in [5.74, 6) is -2.68. The fourth-order valence-electron chi connectivity index (χ4n) is 4.43. The molecule has 2 aliphatic rings. The molecule has 2 heterocycles. The van der Waals surface area contributed by atoms with Gasteiger partial charge in [-0.2, -0.15) is 18.4 Å². The third kappa shape index (κ3) is 6.70. The number of carboxylic acids is 1. The van der Waals surface area contributed by atoms with E-state index < -0.39 is 12.1 Å². The van der Waals surface area contributed by atoms with Crippen molar-refractivity contribution in [3.63, 3.8) is 0 Å². The number of benzene rings is 1. The van der Waals surface area contributed by atoms with Crippen molar-refractivity contribution in [1.82, 2.24) is 14.7 Å². The van der Waals surface area contributed by atoms with Gasteiger partial charge in [0.2, 0.25) is 5.91 Å². The summed E-state index contributed by atoms with van der Waals surface area (Å²) in [6.07, 6.45) is -0.0743. The van der Waals surface area contributed by atoms with E-state index >= 15 is 0 Å². The summed E-state index contributed by atoms with van der Waals surface area (Å²) in [6, 6.07) is 9.14. The number of carbonyl (C=O) groups is 3. The lowest BCUT2D eigenvalue weighted by atomic mass is 9.87. The maximum Gasteiger partial charge on any atom is 0.490 e. The molecule has 1 spiro atoms. The van der Waals surface area contributed by atoms with Crippen LogP contribution in [0.5, 0.6) is 0 Å². The number of amides is 2. The van der Waals surface area contributed by atoms with Crippen LogP contribution in [0.2, 0.25) is 0 Å². The predicted molar refractivity (Wildman–Crippen MR) is 117 cm³/mol. The molecule has 3 rings (SSSR count). The van der Waals surface area contributed by atoms with Crippen LogP contribution in [0.25, 0.3) is 0 Å². The van der Waals surface area contributed by atoms with Crippen LogP contribution >= 0.6 is 0 Å². The third-order valence-electron chi connectivity index (χ3n) is 6.29. The maximum absolute atomic E-state index is 13.0. The molecule has 34 heavy (non-hydrogen) atoms. The molecule has 2 aliphatic heterocycles. The number of halogens is 3. The van der Waals surface area contributed by atoms with Crippen LogP contribution in [-0.4, -0.2) is 89.6 Å². The van der Waals surface area contributed by atoms with E-state index in [2.05, 4.69) is 11.0 Å². The summed E-state index contributed by atoms with van der Waals surface area (Å²) >= 11 is 0. The van der Waals surface area contributed by atoms with E-state index in [0.29, 0.717) is 30.8 Å². The number of hydrogen-bond acceptors (Lipinski definition) is 5. The fraction of sp³-hybridized carbons (Fsp3) is 0.565. The average molecular weight is 483 g/mol. The van der Waals surface area contributed by atoms with Gasteiger partial charge in [-0.1, -0.05) is 12.1 Å². The van der Waals surface area contributed by atoms with Crippen molar-refractivity contribution in [3.05, 3.63) is 35.4 Å². The fourth-order valence-corrected chi connectivity index (χ4v) is 4.43. The molecule has 1 unspecified atom stereocenters. The summed E-state index contributed by atoms with van der Waals surface area (Å²) < 4.78 is 31.7. The van der Waals surface area contributed by atoms with Crippen molar-refractivity contribution < 1.29 is 32.7 Å². The summed E-state index contributed by atoms with van der Waals surface area (Å²) in [4.78, 5) is 40.0. The number of nitrogens with zero attached hydrogens (tertiary/aromatic N) is 4. The molecule has 1 N–H and O–H groups in total. The Hall–Kier alpha value is -3.13. The molecule has 0 radical (unpaired) electrons. The third-order valence-corrected chi connectivity index (χ3v) is 6.29. The van der Waals surface area contributed by atoms with Gasteiger partial charge in [-0.05, 0) is 50.8 Å². The smallest absolute Gasteiger partial charge is 0.475 e. The van der Waals surface area contributed by atoms with Gasteiger partial charge in [-0.3, -0.25) is 14.5 Å². The quantitative estimate of drug-likeness (QED) is 0.711. The molecule has 8 nitrogen and oxygen atoms in total. The van der Waals surface area contributed by atoms with Crippen molar-refractivity contribution in [3.8, 4) is 6.07 Å². The number of aliphatic carboxylic acids is 1. The van der Waals surface area contributed by atoms with E-state index in [4.69, 9.17) is 9.90 Å². The van der Waals surface area contributed by atoms with E-state index in [1.807, 2.05) is 4.90 Å². The van der Waals surface area contributed by atoms with E-state index in [1.165, 1.54) is 0 Å². The van der Waals surface area contributed by atoms with Crippen LogP contribution in [0.1, 0.15) is 48.0 Å². The molecule has 2 saturated heterocycles. The maximum atomic E-state index is 13.0. The molecule has 1 aromatic rings. The number of carboxylic acid groups (broad SMARTS) is 1. The Kier molecular flexibility index (Phi) is 9.04. The molecule has 1 aromatic carbocycles. The number of nitriles is 1. The summed E-state index contributed by atoms with van der Waals surface area (Å²) in [5, 5.41) is 16.4. The van der Waals surface area contributed by atoms with Gasteiger partial charge >= 0.3 is 12.1 Å². The summed E-state index contributed by atoms with van der Waals surface area (Å²) in [6.45, 7) is 2.78. The first-order valence-corrected chi connectivity index (χ1v) is 10.9. The van der Waals surface area contributed by atoms with Gasteiger partial charge in [0, 0.05) is 32.7 Å².